The van der Waals surface area contributed by atoms with Gasteiger partial charge in [-0.1, -0.05) is 36.7 Å². The molecule has 2 N–H and O–H groups in total. The predicted octanol–water partition coefficient (Wildman–Crippen LogP) is 5.34. The minimum absolute atomic E-state index is 0.0312. The van der Waals surface area contributed by atoms with Gasteiger partial charge in [0.25, 0.3) is 11.8 Å². The molecule has 13 nitrogen and oxygen atoms in total. The van der Waals surface area contributed by atoms with Gasteiger partial charge in [0.05, 0.1) is 37.2 Å². The molecule has 15 heteroatoms. The summed E-state index contributed by atoms with van der Waals surface area (Å²) in [6.45, 7) is 3.37. The number of ether oxygens (including phenoxy) is 2. The zero-order valence-corrected chi connectivity index (χ0v) is 34.2. The molecular formula is C41H51ClN6O7S. The number of aliphatic hydroxyl groups is 1. The Morgan fingerprint density at radius 3 is 2.73 bits per heavy atom. The minimum atomic E-state index is -3.73. The van der Waals surface area contributed by atoms with Crippen molar-refractivity contribution in [2.45, 2.75) is 62.9 Å². The number of carbonyl (C=O) groups is 3. The van der Waals surface area contributed by atoms with Crippen LogP contribution in [-0.4, -0.2) is 94.0 Å². The minimum Gasteiger partial charge on any atom is -0.490 e. The van der Waals surface area contributed by atoms with Crippen LogP contribution in [0.3, 0.4) is 0 Å². The second-order valence-corrected chi connectivity index (χ2v) is 18.7. The van der Waals surface area contributed by atoms with Gasteiger partial charge < -0.3 is 24.4 Å². The number of rotatable bonds is 5. The first-order chi connectivity index (χ1) is 26.6. The number of allylic oxidation sites excluding steroid dienone is 1. The lowest BCUT2D eigenvalue weighted by Gasteiger charge is -2.49. The van der Waals surface area contributed by atoms with Crippen LogP contribution in [0.1, 0.15) is 77.3 Å². The van der Waals surface area contributed by atoms with Gasteiger partial charge in [-0.3, -0.25) is 23.8 Å². The number of methoxy groups -OCH3 is 1. The van der Waals surface area contributed by atoms with E-state index in [0.29, 0.717) is 42.6 Å². The molecule has 4 aliphatic rings. The van der Waals surface area contributed by atoms with Gasteiger partial charge in [0.15, 0.2) is 0 Å². The van der Waals surface area contributed by atoms with E-state index in [1.807, 2.05) is 25.1 Å². The predicted molar refractivity (Wildman–Crippen MR) is 215 cm³/mol. The molecule has 1 aromatic heterocycles. The molecule has 1 fully saturated rings. The molecule has 56 heavy (non-hydrogen) atoms. The molecule has 3 amide bonds. The molecule has 6 atom stereocenters. The highest BCUT2D eigenvalue weighted by molar-refractivity contribution is 7.92. The molecule has 300 valence electrons. The fourth-order valence-electron chi connectivity index (χ4n) is 8.91. The molecule has 1 spiro atoms. The van der Waals surface area contributed by atoms with Crippen molar-refractivity contribution in [2.75, 3.05) is 51.6 Å². The third-order valence-corrected chi connectivity index (χ3v) is 14.1. The monoisotopic (exact) mass is 806 g/mol. The molecular weight excluding hydrogens is 756 g/mol. The number of halogens is 1. The van der Waals surface area contributed by atoms with Crippen LogP contribution in [0, 0.1) is 17.8 Å². The number of fused-ring (bicyclic) bond motifs is 4. The first-order valence-corrected chi connectivity index (χ1v) is 21.3. The number of benzene rings is 2. The summed E-state index contributed by atoms with van der Waals surface area (Å²) in [5, 5.41) is 17.3. The fraction of sp³-hybridized carbons (Fsp3) is 0.512. The van der Waals surface area contributed by atoms with E-state index in [0.717, 1.165) is 32.1 Å². The maximum absolute atomic E-state index is 14.7. The Hall–Kier alpha value is -4.40. The lowest BCUT2D eigenvalue weighted by atomic mass is 9.63. The molecule has 3 heterocycles. The molecule has 7 rings (SSSR count). The summed E-state index contributed by atoms with van der Waals surface area (Å²) in [5.74, 6) is -1.74. The first-order valence-electron chi connectivity index (χ1n) is 19.2. The zero-order chi connectivity index (χ0) is 40.0. The van der Waals surface area contributed by atoms with Crippen molar-refractivity contribution in [1.82, 2.24) is 19.4 Å². The SMILES string of the molecule is COc1nn(C)cc1C(=O)NS1(=O)=NC(=O)c2ccc3c(c2)N(C[C@@H]2CC[C@H]2[C@@](O)(CC(=O)N(C)C)/C=C\C[C@H](C)C1)C[C@@]1(CCCc2cc(Cl)ccc21)CO3. The third kappa shape index (κ3) is 7.92. The van der Waals surface area contributed by atoms with Crippen LogP contribution in [0.2, 0.25) is 5.02 Å². The Morgan fingerprint density at radius 1 is 1.20 bits per heavy atom. The van der Waals surface area contributed by atoms with Crippen LogP contribution in [0.15, 0.2) is 59.1 Å². The van der Waals surface area contributed by atoms with Crippen LogP contribution in [0.5, 0.6) is 11.6 Å². The number of hydrogen-bond acceptors (Lipinski definition) is 9. The molecule has 0 radical (unpaired) electrons. The zero-order valence-electron chi connectivity index (χ0n) is 32.6. The molecule has 1 unspecified atom stereocenters. The molecule has 1 saturated carbocycles. The van der Waals surface area contributed by atoms with Crippen molar-refractivity contribution in [2.24, 2.45) is 29.2 Å². The van der Waals surface area contributed by atoms with Gasteiger partial charge in [0.2, 0.25) is 11.8 Å². The van der Waals surface area contributed by atoms with Gasteiger partial charge in [0, 0.05) is 56.4 Å². The van der Waals surface area contributed by atoms with Gasteiger partial charge >= 0.3 is 0 Å². The lowest BCUT2D eigenvalue weighted by molar-refractivity contribution is -0.137. The van der Waals surface area contributed by atoms with E-state index in [4.69, 9.17) is 21.1 Å². The summed E-state index contributed by atoms with van der Waals surface area (Å²) in [6.07, 6.45) is 9.60. The van der Waals surface area contributed by atoms with Crippen LogP contribution < -0.4 is 19.1 Å². The number of aryl methyl sites for hydroxylation is 2. The largest absolute Gasteiger partial charge is 0.490 e. The highest BCUT2D eigenvalue weighted by atomic mass is 35.5. The standard InChI is InChI=1S/C41H51ClN6O7S/c1-26-8-6-17-41(52,20-36(49)46(2)3)33-13-10-29(33)21-48-24-40(16-7-9-27-18-30(42)12-14-32(27)40)25-55-35-15-11-28(19-34(35)48)37(50)44-56(53,23-26)45-38(51)31-22-47(4)43-39(31)54-5/h6,11-12,14-15,17-19,22,26,29,33,52H,7-10,13,16,20-21,23-25H2,1-5H3,(H,44,45,50,51,53)/b17-6-/t26-,29-,33+,40-,41-,56?/m0/s1. The molecule has 2 aliphatic carbocycles. The maximum atomic E-state index is 14.7. The van der Waals surface area contributed by atoms with E-state index in [-0.39, 0.29) is 58.3 Å². The Balaban J connectivity index is 1.34. The van der Waals surface area contributed by atoms with E-state index < -0.39 is 27.3 Å². The summed E-state index contributed by atoms with van der Waals surface area (Å²) >= 11 is 6.47. The number of hydrogen-bond donors (Lipinski definition) is 2. The number of carbonyl (C=O) groups excluding carboxylic acids is 3. The van der Waals surface area contributed by atoms with Gasteiger partial charge in [-0.2, -0.15) is 0 Å². The Labute approximate surface area is 333 Å². The summed E-state index contributed by atoms with van der Waals surface area (Å²) in [7, 11) is 2.65. The van der Waals surface area contributed by atoms with E-state index in [1.54, 1.807) is 45.4 Å². The molecule has 3 aromatic rings. The summed E-state index contributed by atoms with van der Waals surface area (Å²) in [6, 6.07) is 11.2. The highest BCUT2D eigenvalue weighted by Gasteiger charge is 2.49. The van der Waals surface area contributed by atoms with Crippen LogP contribution in [-0.2, 0) is 33.6 Å². The van der Waals surface area contributed by atoms with E-state index in [1.165, 1.54) is 34.0 Å². The van der Waals surface area contributed by atoms with Crippen molar-refractivity contribution in [3.63, 3.8) is 0 Å². The second-order valence-electron chi connectivity index (χ2n) is 16.3. The van der Waals surface area contributed by atoms with Gasteiger partial charge in [-0.05, 0) is 97.7 Å². The summed E-state index contributed by atoms with van der Waals surface area (Å²) < 4.78 is 34.8. The second kappa shape index (κ2) is 15.5. The topological polar surface area (TPSA) is 156 Å². The highest BCUT2D eigenvalue weighted by Crippen LogP contribution is 2.49. The van der Waals surface area contributed by atoms with Crippen molar-refractivity contribution in [1.29, 1.82) is 0 Å². The number of nitrogens with one attached hydrogen (secondary N) is 1. The third-order valence-electron chi connectivity index (χ3n) is 11.9. The number of anilines is 1. The van der Waals surface area contributed by atoms with Crippen molar-refractivity contribution >= 4 is 44.9 Å². The smallest absolute Gasteiger partial charge is 0.286 e. The Bertz CT molecular complexity index is 2200. The van der Waals surface area contributed by atoms with Crippen LogP contribution in [0.4, 0.5) is 5.69 Å². The fourth-order valence-corrected chi connectivity index (χ4v) is 11.0. The molecule has 2 aromatic carbocycles. The van der Waals surface area contributed by atoms with Crippen molar-refractivity contribution < 1.29 is 33.2 Å². The van der Waals surface area contributed by atoms with Gasteiger partial charge in [-0.25, -0.2) is 4.21 Å². The molecule has 2 aliphatic heterocycles. The normalized spacial score (nSPS) is 29.4. The Morgan fingerprint density at radius 2 is 2.00 bits per heavy atom. The maximum Gasteiger partial charge on any atom is 0.286 e. The summed E-state index contributed by atoms with van der Waals surface area (Å²) in [5.41, 5.74) is 1.50. The lowest BCUT2D eigenvalue weighted by Crippen LogP contribution is -2.53. The number of amides is 3. The van der Waals surface area contributed by atoms with Gasteiger partial charge in [0.1, 0.15) is 21.2 Å². The van der Waals surface area contributed by atoms with E-state index >= 15 is 0 Å². The number of nitrogens with zero attached hydrogens (tertiary/aromatic N) is 5. The van der Waals surface area contributed by atoms with Crippen LogP contribution in [0.25, 0.3) is 0 Å². The van der Waals surface area contributed by atoms with Crippen LogP contribution >= 0.6 is 11.6 Å². The molecule has 0 saturated heterocycles. The van der Waals surface area contributed by atoms with Crippen molar-refractivity contribution in [3.05, 3.63) is 82.0 Å². The molecule has 2 bridgehead atoms. The average molecular weight is 807 g/mol. The number of aromatic nitrogens is 2. The van der Waals surface area contributed by atoms with Crippen molar-refractivity contribution in [3.8, 4) is 11.6 Å². The van der Waals surface area contributed by atoms with E-state index in [2.05, 4.69) is 25.1 Å². The Kier molecular flexibility index (Phi) is 11.0. The van der Waals surface area contributed by atoms with E-state index in [9.17, 15) is 23.7 Å². The quantitative estimate of drug-likeness (QED) is 0.325. The first kappa shape index (κ1) is 39.8. The summed E-state index contributed by atoms with van der Waals surface area (Å²) in [4.78, 5) is 44.7. The van der Waals surface area contributed by atoms with Gasteiger partial charge in [-0.15, -0.1) is 9.46 Å². The average Bonchev–Trinajstić information content (AvgIpc) is 3.44.